The van der Waals surface area contributed by atoms with Crippen molar-refractivity contribution in [3.8, 4) is 5.75 Å². The summed E-state index contributed by atoms with van der Waals surface area (Å²) >= 11 is 0. The molecular formula is C36H42O18. The number of hydrogen-bond donors (Lipinski definition) is 0. The third-order valence-electron chi connectivity index (χ3n) is 7.86. The summed E-state index contributed by atoms with van der Waals surface area (Å²) in [6, 6.07) is 12.5. The monoisotopic (exact) mass is 762 g/mol. The van der Waals surface area contributed by atoms with Crippen molar-refractivity contribution < 1.29 is 85.7 Å². The van der Waals surface area contributed by atoms with Crippen molar-refractivity contribution in [3.63, 3.8) is 0 Å². The molecule has 0 amide bonds. The Bertz CT molecular complexity index is 1710. The van der Waals surface area contributed by atoms with Gasteiger partial charge in [-0.2, -0.15) is 0 Å². The summed E-state index contributed by atoms with van der Waals surface area (Å²) in [7, 11) is 0. The van der Waals surface area contributed by atoms with Crippen molar-refractivity contribution in [2.24, 2.45) is 0 Å². The first-order valence-electron chi connectivity index (χ1n) is 16.8. The molecule has 294 valence electrons. The molecule has 0 unspecified atom stereocenters. The van der Waals surface area contributed by atoms with Gasteiger partial charge >= 0.3 is 41.8 Å². The molecule has 0 bridgehead atoms. The maximum Gasteiger partial charge on any atom is 0.303 e. The third-order valence-corrected chi connectivity index (χ3v) is 7.86. The number of ether oxygens (including phenoxy) is 11. The van der Waals surface area contributed by atoms with Gasteiger partial charge in [0.15, 0.2) is 30.7 Å². The maximum atomic E-state index is 12.7. The summed E-state index contributed by atoms with van der Waals surface area (Å²) in [4.78, 5) is 86.1. The van der Waals surface area contributed by atoms with Crippen LogP contribution in [0, 0.1) is 0 Å². The fraction of sp³-hybridized carbons (Fsp3) is 0.528. The Morgan fingerprint density at radius 2 is 0.907 bits per heavy atom. The molecule has 0 saturated carbocycles. The molecule has 0 aromatic heterocycles. The van der Waals surface area contributed by atoms with Gasteiger partial charge in [-0.3, -0.25) is 33.6 Å². The van der Waals surface area contributed by atoms with Crippen LogP contribution in [0.2, 0.25) is 0 Å². The van der Waals surface area contributed by atoms with Crippen molar-refractivity contribution in [1.82, 2.24) is 0 Å². The Morgan fingerprint density at radius 1 is 0.481 bits per heavy atom. The number of benzene rings is 2. The van der Waals surface area contributed by atoms with Crippen molar-refractivity contribution in [3.05, 3.63) is 42.5 Å². The average molecular weight is 763 g/mol. The Hall–Kier alpha value is -5.33. The van der Waals surface area contributed by atoms with E-state index < -0.39 is 116 Å². The lowest BCUT2D eigenvalue weighted by atomic mass is 9.96. The largest absolute Gasteiger partial charge is 0.463 e. The highest BCUT2D eigenvalue weighted by atomic mass is 16.8. The summed E-state index contributed by atoms with van der Waals surface area (Å²) in [5.41, 5.74) is 0. The van der Waals surface area contributed by atoms with E-state index in [1.165, 1.54) is 0 Å². The molecule has 2 saturated heterocycles. The van der Waals surface area contributed by atoms with Gasteiger partial charge in [0.05, 0.1) is 0 Å². The van der Waals surface area contributed by atoms with E-state index in [2.05, 4.69) is 0 Å². The molecule has 54 heavy (non-hydrogen) atoms. The van der Waals surface area contributed by atoms with E-state index in [1.54, 1.807) is 18.2 Å². The minimum atomic E-state index is -1.80. The van der Waals surface area contributed by atoms with Crippen LogP contribution in [0.25, 0.3) is 10.8 Å². The average Bonchev–Trinajstić information content (AvgIpc) is 3.07. The van der Waals surface area contributed by atoms with Gasteiger partial charge < -0.3 is 52.1 Å². The number of rotatable bonds is 13. The normalized spacial score (nSPS) is 27.8. The van der Waals surface area contributed by atoms with Crippen molar-refractivity contribution in [2.45, 2.75) is 110 Å². The first kappa shape index (κ1) is 41.4. The zero-order valence-electron chi connectivity index (χ0n) is 30.6. The molecule has 2 aliphatic heterocycles. The highest BCUT2D eigenvalue weighted by molar-refractivity contribution is 5.83. The van der Waals surface area contributed by atoms with Crippen LogP contribution in [0.4, 0.5) is 0 Å². The predicted octanol–water partition coefficient (Wildman–Crippen LogP) is 1.84. The molecule has 2 aromatic rings. The number of esters is 7. The Morgan fingerprint density at radius 3 is 1.43 bits per heavy atom. The second-order valence-electron chi connectivity index (χ2n) is 12.3. The van der Waals surface area contributed by atoms with E-state index in [4.69, 9.17) is 52.1 Å². The van der Waals surface area contributed by atoms with Crippen LogP contribution < -0.4 is 4.74 Å². The minimum Gasteiger partial charge on any atom is -0.463 e. The molecule has 2 fully saturated rings. The number of hydrogen-bond acceptors (Lipinski definition) is 18. The summed E-state index contributed by atoms with van der Waals surface area (Å²) in [5, 5.41) is 1.70. The number of carbonyl (C=O) groups is 7. The molecule has 0 spiro atoms. The fourth-order valence-corrected chi connectivity index (χ4v) is 5.94. The Kier molecular flexibility index (Phi) is 14.3. The second-order valence-corrected chi connectivity index (χ2v) is 12.3. The van der Waals surface area contributed by atoms with Crippen LogP contribution in [-0.4, -0.2) is 116 Å². The molecule has 4 rings (SSSR count). The smallest absolute Gasteiger partial charge is 0.303 e. The number of fused-ring (bicyclic) bond motifs is 1. The highest BCUT2D eigenvalue weighted by Crippen LogP contribution is 2.36. The molecule has 2 heterocycles. The van der Waals surface area contributed by atoms with Gasteiger partial charge in [-0.1, -0.05) is 30.3 Å². The molecule has 0 radical (unpaired) electrons. The van der Waals surface area contributed by atoms with Gasteiger partial charge in [-0.15, -0.1) is 0 Å². The summed E-state index contributed by atoms with van der Waals surface area (Å²) < 4.78 is 63.0. The van der Waals surface area contributed by atoms with Crippen LogP contribution >= 0.6 is 0 Å². The highest BCUT2D eigenvalue weighted by Gasteiger charge is 2.58. The van der Waals surface area contributed by atoms with Crippen LogP contribution in [0.5, 0.6) is 5.75 Å². The van der Waals surface area contributed by atoms with Gasteiger partial charge in [-0.25, -0.2) is 0 Å². The first-order chi connectivity index (χ1) is 25.5. The summed E-state index contributed by atoms with van der Waals surface area (Å²) in [6.07, 6.45) is -15.7. The summed E-state index contributed by atoms with van der Waals surface area (Å²) in [6.45, 7) is 6.43. The van der Waals surface area contributed by atoms with E-state index in [-0.39, 0.29) is 5.75 Å². The van der Waals surface area contributed by atoms with Crippen molar-refractivity contribution in [1.29, 1.82) is 0 Å². The van der Waals surface area contributed by atoms with Crippen molar-refractivity contribution in [2.75, 3.05) is 13.2 Å². The molecule has 10 atom stereocenters. The predicted molar refractivity (Wildman–Crippen MR) is 178 cm³/mol. The molecule has 2 aliphatic rings. The van der Waals surface area contributed by atoms with Gasteiger partial charge in [0, 0.05) is 48.5 Å². The molecule has 18 heteroatoms. The van der Waals surface area contributed by atoms with Crippen LogP contribution in [0.15, 0.2) is 42.5 Å². The van der Waals surface area contributed by atoms with E-state index in [0.29, 0.717) is 0 Å². The van der Waals surface area contributed by atoms with E-state index in [0.717, 1.165) is 59.2 Å². The van der Waals surface area contributed by atoms with Crippen LogP contribution in [0.1, 0.15) is 48.5 Å². The SMILES string of the molecule is CC(=O)OC[C@H]1O[C@@H](O[C@H]2[C@H](OC(C)=O)[C@@H](OC(C)=O)[C@H](Oc3ccc4ccccc4c3)O[C@@H]2COC(C)=O)[C@H](OC(C)=O)[C@@H](OC(C)=O)[C@H]1OC(C)=O. The lowest BCUT2D eigenvalue weighted by Crippen LogP contribution is -2.67. The van der Waals surface area contributed by atoms with Crippen LogP contribution in [-0.2, 0) is 80.9 Å². The topological polar surface area (TPSA) is 221 Å². The van der Waals surface area contributed by atoms with E-state index in [1.807, 2.05) is 24.3 Å². The standard InChI is InChI=1S/C36H42O18/c1-17(37)44-15-27-29(46-19(3)39)31(47-20(4)40)34(50-23(7)43)36(53-27)54-30-28(16-45-18(2)38)52-35(33(49-22(6)42)32(30)48-21(5)41)51-26-13-12-24-10-8-9-11-25(24)14-26/h8-14,27-36H,15-16H2,1-7H3/t27-,28-,29+,30-,31+,32+,33-,34-,35-,36+/m1/s1. The van der Waals surface area contributed by atoms with Crippen LogP contribution in [0.3, 0.4) is 0 Å². The quantitative estimate of drug-likeness (QED) is 0.210. The second kappa shape index (κ2) is 18.6. The zero-order valence-corrected chi connectivity index (χ0v) is 30.6. The first-order valence-corrected chi connectivity index (χ1v) is 16.8. The minimum absolute atomic E-state index is 0.266. The fourth-order valence-electron chi connectivity index (χ4n) is 5.94. The lowest BCUT2D eigenvalue weighted by molar-refractivity contribution is -0.354. The van der Waals surface area contributed by atoms with Gasteiger partial charge in [0.25, 0.3) is 0 Å². The van der Waals surface area contributed by atoms with Gasteiger partial charge in [0.1, 0.15) is 37.3 Å². The maximum absolute atomic E-state index is 12.7. The Balaban J connectivity index is 1.81. The van der Waals surface area contributed by atoms with E-state index in [9.17, 15) is 33.6 Å². The molecular weight excluding hydrogens is 720 g/mol. The van der Waals surface area contributed by atoms with Crippen molar-refractivity contribution >= 4 is 52.6 Å². The van der Waals surface area contributed by atoms with Gasteiger partial charge in [-0.05, 0) is 22.9 Å². The molecule has 0 N–H and O–H groups in total. The lowest BCUT2D eigenvalue weighted by Gasteiger charge is -2.48. The summed E-state index contributed by atoms with van der Waals surface area (Å²) in [5.74, 6) is -5.58. The van der Waals surface area contributed by atoms with E-state index >= 15 is 0 Å². The number of carbonyl (C=O) groups excluding carboxylic acids is 7. The molecule has 2 aromatic carbocycles. The molecule has 18 nitrogen and oxygen atoms in total. The van der Waals surface area contributed by atoms with Gasteiger partial charge in [0.2, 0.25) is 12.4 Å². The Labute approximate surface area is 309 Å². The third kappa shape index (κ3) is 11.3. The zero-order chi connectivity index (χ0) is 39.7. The molecule has 0 aliphatic carbocycles.